The van der Waals surface area contributed by atoms with Crippen LogP contribution >= 0.6 is 24.0 Å². The zero-order valence-electron chi connectivity index (χ0n) is 13.4. The molecule has 1 saturated heterocycles. The van der Waals surface area contributed by atoms with Crippen LogP contribution in [0.4, 0.5) is 0 Å². The first-order valence-corrected chi connectivity index (χ1v) is 8.58. The van der Waals surface area contributed by atoms with E-state index in [9.17, 15) is 9.59 Å². The smallest absolute Gasteiger partial charge is 0.266 e. The standard InChI is InChI=1S/C16H20N2O3S2/c1-16(2,3)17-13(19)7-4-8-18-14(20)12(23-15(18)22)10-11-6-5-9-21-11/h5-6,9-10H,4,7-8H2,1-3H3,(H,17,19)/b12-10+. The molecule has 1 N–H and O–H groups in total. The number of nitrogens with zero attached hydrogens (tertiary/aromatic N) is 1. The third-order valence-corrected chi connectivity index (χ3v) is 4.37. The van der Waals surface area contributed by atoms with E-state index in [1.165, 1.54) is 11.8 Å². The zero-order valence-corrected chi connectivity index (χ0v) is 15.1. The zero-order chi connectivity index (χ0) is 17.0. The average Bonchev–Trinajstić information content (AvgIpc) is 3.01. The molecule has 0 atom stereocenters. The molecule has 0 saturated carbocycles. The van der Waals surface area contributed by atoms with Gasteiger partial charge < -0.3 is 9.73 Å². The largest absolute Gasteiger partial charge is 0.465 e. The van der Waals surface area contributed by atoms with Crippen molar-refractivity contribution in [1.29, 1.82) is 0 Å². The minimum Gasteiger partial charge on any atom is -0.465 e. The van der Waals surface area contributed by atoms with Crippen molar-refractivity contribution in [2.24, 2.45) is 0 Å². The molecule has 1 aromatic heterocycles. The van der Waals surface area contributed by atoms with Gasteiger partial charge in [0.15, 0.2) is 0 Å². The van der Waals surface area contributed by atoms with E-state index in [2.05, 4.69) is 5.32 Å². The van der Waals surface area contributed by atoms with Crippen LogP contribution in [0.3, 0.4) is 0 Å². The highest BCUT2D eigenvalue weighted by atomic mass is 32.2. The van der Waals surface area contributed by atoms with Crippen molar-refractivity contribution >= 4 is 46.2 Å². The number of hydrogen-bond acceptors (Lipinski definition) is 5. The third-order valence-electron chi connectivity index (χ3n) is 2.99. The summed E-state index contributed by atoms with van der Waals surface area (Å²) in [6, 6.07) is 3.55. The molecular formula is C16H20N2O3S2. The Morgan fingerprint density at radius 3 is 2.83 bits per heavy atom. The van der Waals surface area contributed by atoms with E-state index < -0.39 is 0 Å². The van der Waals surface area contributed by atoms with Crippen molar-refractivity contribution in [2.75, 3.05) is 6.54 Å². The van der Waals surface area contributed by atoms with E-state index >= 15 is 0 Å². The predicted octanol–water partition coefficient (Wildman–Crippen LogP) is 3.18. The lowest BCUT2D eigenvalue weighted by Crippen LogP contribution is -2.40. The van der Waals surface area contributed by atoms with Gasteiger partial charge in [0.05, 0.1) is 11.2 Å². The van der Waals surface area contributed by atoms with Crippen LogP contribution in [0, 0.1) is 0 Å². The quantitative estimate of drug-likeness (QED) is 0.651. The van der Waals surface area contributed by atoms with Crippen LogP contribution in [0.2, 0.25) is 0 Å². The second kappa shape index (κ2) is 7.31. The molecule has 0 aromatic carbocycles. The van der Waals surface area contributed by atoms with Crippen LogP contribution in [0.5, 0.6) is 0 Å². The van der Waals surface area contributed by atoms with Gasteiger partial charge >= 0.3 is 0 Å². The molecule has 0 spiro atoms. The van der Waals surface area contributed by atoms with Crippen molar-refractivity contribution in [3.63, 3.8) is 0 Å². The van der Waals surface area contributed by atoms with Gasteiger partial charge in [-0.05, 0) is 39.3 Å². The van der Waals surface area contributed by atoms with Gasteiger partial charge in [0, 0.05) is 24.6 Å². The van der Waals surface area contributed by atoms with Crippen molar-refractivity contribution in [2.45, 2.75) is 39.2 Å². The van der Waals surface area contributed by atoms with Gasteiger partial charge in [-0.15, -0.1) is 0 Å². The number of thioether (sulfide) groups is 1. The van der Waals surface area contributed by atoms with Crippen LogP contribution in [0.15, 0.2) is 27.7 Å². The molecule has 5 nitrogen and oxygen atoms in total. The first-order chi connectivity index (χ1) is 10.8. The van der Waals surface area contributed by atoms with Crippen molar-refractivity contribution in [3.8, 4) is 0 Å². The Labute approximate surface area is 145 Å². The number of carbonyl (C=O) groups excluding carboxylic acids is 2. The number of amides is 2. The molecule has 0 bridgehead atoms. The minimum absolute atomic E-state index is 0.0194. The molecule has 7 heteroatoms. The van der Waals surface area contributed by atoms with E-state index in [0.717, 1.165) is 0 Å². The second-order valence-corrected chi connectivity index (χ2v) is 7.93. The SMILES string of the molecule is CC(C)(C)NC(=O)CCCN1C(=O)/C(=C\c2ccco2)SC1=S. The lowest BCUT2D eigenvalue weighted by molar-refractivity contribution is -0.124. The summed E-state index contributed by atoms with van der Waals surface area (Å²) in [5, 5.41) is 2.90. The van der Waals surface area contributed by atoms with Crippen molar-refractivity contribution < 1.29 is 14.0 Å². The van der Waals surface area contributed by atoms with E-state index in [0.29, 0.717) is 34.4 Å². The Morgan fingerprint density at radius 2 is 2.22 bits per heavy atom. The van der Waals surface area contributed by atoms with Gasteiger partial charge in [-0.3, -0.25) is 14.5 Å². The molecule has 1 aliphatic rings. The highest BCUT2D eigenvalue weighted by Crippen LogP contribution is 2.32. The lowest BCUT2D eigenvalue weighted by Gasteiger charge is -2.21. The Hall–Kier alpha value is -1.60. The van der Waals surface area contributed by atoms with Crippen molar-refractivity contribution in [3.05, 3.63) is 29.1 Å². The molecule has 23 heavy (non-hydrogen) atoms. The summed E-state index contributed by atoms with van der Waals surface area (Å²) in [4.78, 5) is 26.2. The van der Waals surface area contributed by atoms with E-state index in [4.69, 9.17) is 16.6 Å². The molecule has 2 heterocycles. The first-order valence-electron chi connectivity index (χ1n) is 7.36. The molecular weight excluding hydrogens is 332 g/mol. The van der Waals surface area contributed by atoms with Crippen molar-refractivity contribution in [1.82, 2.24) is 10.2 Å². The highest BCUT2D eigenvalue weighted by molar-refractivity contribution is 8.26. The summed E-state index contributed by atoms with van der Waals surface area (Å²) in [7, 11) is 0. The number of furan rings is 1. The van der Waals surface area contributed by atoms with E-state index in [1.54, 1.807) is 29.4 Å². The number of thiocarbonyl (C=S) groups is 1. The normalized spacial score (nSPS) is 17.2. The molecule has 1 aliphatic heterocycles. The van der Waals surface area contributed by atoms with Gasteiger partial charge in [-0.25, -0.2) is 0 Å². The molecule has 0 unspecified atom stereocenters. The van der Waals surface area contributed by atoms with Crippen LogP contribution in [0.1, 0.15) is 39.4 Å². The Balaban J connectivity index is 1.88. The lowest BCUT2D eigenvalue weighted by atomic mass is 10.1. The Kier molecular flexibility index (Phi) is 5.64. The van der Waals surface area contributed by atoms with Crippen LogP contribution in [0.25, 0.3) is 6.08 Å². The Bertz CT molecular complexity index is 630. The molecule has 2 rings (SSSR count). The molecule has 2 amide bonds. The monoisotopic (exact) mass is 352 g/mol. The van der Waals surface area contributed by atoms with Crippen LogP contribution in [-0.4, -0.2) is 33.1 Å². The summed E-state index contributed by atoms with van der Waals surface area (Å²) < 4.78 is 5.73. The van der Waals surface area contributed by atoms with Crippen LogP contribution in [-0.2, 0) is 9.59 Å². The number of hydrogen-bond donors (Lipinski definition) is 1. The number of nitrogens with one attached hydrogen (secondary N) is 1. The average molecular weight is 352 g/mol. The summed E-state index contributed by atoms with van der Waals surface area (Å²) in [6.45, 7) is 6.25. The summed E-state index contributed by atoms with van der Waals surface area (Å²) in [6.07, 6.45) is 4.18. The third kappa shape index (κ3) is 5.21. The maximum Gasteiger partial charge on any atom is 0.266 e. The topological polar surface area (TPSA) is 62.6 Å². The predicted molar refractivity (Wildman–Crippen MR) is 95.7 cm³/mol. The summed E-state index contributed by atoms with van der Waals surface area (Å²) >= 11 is 6.51. The summed E-state index contributed by atoms with van der Waals surface area (Å²) in [5.41, 5.74) is -0.245. The molecule has 0 aliphatic carbocycles. The molecule has 1 fully saturated rings. The van der Waals surface area contributed by atoms with Gasteiger partial charge in [-0.2, -0.15) is 0 Å². The first kappa shape index (κ1) is 17.7. The second-order valence-electron chi connectivity index (χ2n) is 6.25. The fourth-order valence-electron chi connectivity index (χ4n) is 2.07. The van der Waals surface area contributed by atoms with E-state index in [1.807, 2.05) is 20.8 Å². The molecule has 124 valence electrons. The maximum absolute atomic E-state index is 12.4. The summed E-state index contributed by atoms with van der Waals surface area (Å²) in [5.74, 6) is 0.469. The van der Waals surface area contributed by atoms with Crippen LogP contribution < -0.4 is 5.32 Å². The number of rotatable bonds is 5. The molecule has 0 radical (unpaired) electrons. The van der Waals surface area contributed by atoms with Gasteiger partial charge in [-0.1, -0.05) is 24.0 Å². The highest BCUT2D eigenvalue weighted by Gasteiger charge is 2.31. The van der Waals surface area contributed by atoms with Gasteiger partial charge in [0.1, 0.15) is 10.1 Å². The van der Waals surface area contributed by atoms with Gasteiger partial charge in [0.25, 0.3) is 5.91 Å². The Morgan fingerprint density at radius 1 is 1.48 bits per heavy atom. The van der Waals surface area contributed by atoms with E-state index in [-0.39, 0.29) is 17.4 Å². The van der Waals surface area contributed by atoms with Gasteiger partial charge in [0.2, 0.25) is 5.91 Å². The fraction of sp³-hybridized carbons (Fsp3) is 0.438. The minimum atomic E-state index is -0.245. The number of carbonyl (C=O) groups is 2. The maximum atomic E-state index is 12.4. The molecule has 1 aromatic rings. The fourth-order valence-corrected chi connectivity index (χ4v) is 3.36.